The Kier molecular flexibility index (Phi) is 13.2. The van der Waals surface area contributed by atoms with Crippen molar-refractivity contribution in [2.75, 3.05) is 20.1 Å². The molecule has 53 heavy (non-hydrogen) atoms. The Balaban J connectivity index is 1.42. The van der Waals surface area contributed by atoms with E-state index in [2.05, 4.69) is 20.6 Å². The van der Waals surface area contributed by atoms with E-state index in [-0.39, 0.29) is 44.1 Å². The van der Waals surface area contributed by atoms with E-state index in [9.17, 15) is 24.0 Å². The molecule has 15 heteroatoms. The number of aromatic amines is 1. The maximum atomic E-state index is 14.4. The van der Waals surface area contributed by atoms with Gasteiger partial charge >= 0.3 is 0 Å². The number of H-pyrrole nitrogens is 1. The molecule has 0 aliphatic carbocycles. The smallest absolute Gasteiger partial charge is 0.245 e. The Bertz CT molecular complexity index is 1910. The van der Waals surface area contributed by atoms with Gasteiger partial charge in [0.2, 0.25) is 29.5 Å². The summed E-state index contributed by atoms with van der Waals surface area (Å²) in [5.74, 6) is -2.55. The van der Waals surface area contributed by atoms with Crippen LogP contribution in [-0.2, 0) is 43.2 Å². The lowest BCUT2D eigenvalue weighted by molar-refractivity contribution is -0.142. The zero-order chi connectivity index (χ0) is 37.9. The number of fused-ring (bicyclic) bond motifs is 1. The van der Waals surface area contributed by atoms with E-state index in [1.807, 2.05) is 78.3 Å². The highest BCUT2D eigenvalue weighted by Gasteiger charge is 2.38. The fourth-order valence-corrected chi connectivity index (χ4v) is 7.36. The van der Waals surface area contributed by atoms with Crippen molar-refractivity contribution in [1.82, 2.24) is 25.4 Å². The second-order valence-electron chi connectivity index (χ2n) is 13.2. The number of guanidine groups is 1. The Hall–Kier alpha value is -5.70. The molecule has 5 rings (SSSR count). The molecular formula is C38H47N9O5S. The number of nitrogens with one attached hydrogen (secondary N) is 3. The highest BCUT2D eigenvalue weighted by Crippen LogP contribution is 2.22. The number of amides is 5. The van der Waals surface area contributed by atoms with Crippen LogP contribution in [0, 0.1) is 0 Å². The molecule has 1 aliphatic heterocycles. The first-order valence-electron chi connectivity index (χ1n) is 17.6. The predicted octanol–water partition coefficient (Wildman–Crippen LogP) is 1.58. The summed E-state index contributed by atoms with van der Waals surface area (Å²) in [6.07, 6.45) is 3.77. The number of carbonyl (C=O) groups is 5. The van der Waals surface area contributed by atoms with Gasteiger partial charge < -0.3 is 42.6 Å². The maximum Gasteiger partial charge on any atom is 0.245 e. The summed E-state index contributed by atoms with van der Waals surface area (Å²) in [5, 5.41) is 8.61. The normalized spacial score (nSPS) is 15.6. The molecule has 3 heterocycles. The molecule has 1 aliphatic rings. The van der Waals surface area contributed by atoms with Crippen molar-refractivity contribution < 1.29 is 24.0 Å². The summed E-state index contributed by atoms with van der Waals surface area (Å²) in [5.41, 5.74) is 19.1. The first kappa shape index (κ1) is 38.5. The molecule has 1 fully saturated rings. The van der Waals surface area contributed by atoms with Gasteiger partial charge in [-0.25, -0.2) is 0 Å². The number of carbonyl (C=O) groups excluding carboxylic acids is 5. The van der Waals surface area contributed by atoms with E-state index in [1.54, 1.807) is 7.05 Å². The highest BCUT2D eigenvalue weighted by molar-refractivity contribution is 7.10. The highest BCUT2D eigenvalue weighted by atomic mass is 32.1. The Morgan fingerprint density at radius 3 is 2.40 bits per heavy atom. The summed E-state index contributed by atoms with van der Waals surface area (Å²) >= 11 is 1.46. The monoisotopic (exact) mass is 741 g/mol. The molecule has 0 radical (unpaired) electrons. The quantitative estimate of drug-likeness (QED) is 0.0532. The lowest BCUT2D eigenvalue weighted by Gasteiger charge is -2.31. The van der Waals surface area contributed by atoms with Crippen LogP contribution in [0.2, 0.25) is 0 Å². The maximum absolute atomic E-state index is 14.4. The summed E-state index contributed by atoms with van der Waals surface area (Å²) in [6, 6.07) is 16.7. The number of likely N-dealkylation sites (N-methyl/N-ethyl adjacent to an activating group) is 1. The molecule has 14 nitrogen and oxygen atoms in total. The van der Waals surface area contributed by atoms with Crippen LogP contribution >= 0.6 is 11.3 Å². The summed E-state index contributed by atoms with van der Waals surface area (Å²) in [7, 11) is 1.60. The fraction of sp³-hybridized carbons (Fsp3) is 0.368. The van der Waals surface area contributed by atoms with Gasteiger partial charge in [0.15, 0.2) is 5.96 Å². The van der Waals surface area contributed by atoms with Gasteiger partial charge in [0.05, 0.1) is 6.42 Å². The van der Waals surface area contributed by atoms with Crippen molar-refractivity contribution in [1.29, 1.82) is 0 Å². The molecule has 2 aromatic heterocycles. The molecule has 4 atom stereocenters. The molecule has 1 saturated heterocycles. The zero-order valence-electron chi connectivity index (χ0n) is 29.7. The van der Waals surface area contributed by atoms with Crippen molar-refractivity contribution in [3.05, 3.63) is 94.3 Å². The summed E-state index contributed by atoms with van der Waals surface area (Å²) in [4.78, 5) is 79.3. The Labute approximate surface area is 312 Å². The Morgan fingerprint density at radius 2 is 1.68 bits per heavy atom. The van der Waals surface area contributed by atoms with Gasteiger partial charge in [0, 0.05) is 55.0 Å². The average Bonchev–Trinajstić information content (AvgIpc) is 3.93. The van der Waals surface area contributed by atoms with Crippen LogP contribution in [0.4, 0.5) is 0 Å². The van der Waals surface area contributed by atoms with Crippen LogP contribution < -0.4 is 27.8 Å². The number of aliphatic imine (C=N–C) groups is 1. The SMILES string of the molecule is CN(C(=O)Cc1cccs1)[C@@H](Cc1c[nH]c2ccccc12)C(=O)N[C@@H](Cc1ccccc1)C(=O)N[C@@H](CCCN=C(N)N)C(=O)N1CCC[C@H]1C(N)=O. The number of nitrogens with two attached hydrogens (primary N) is 3. The third-order valence-electron chi connectivity index (χ3n) is 9.50. The molecular weight excluding hydrogens is 695 g/mol. The van der Waals surface area contributed by atoms with Crippen molar-refractivity contribution in [3.63, 3.8) is 0 Å². The minimum absolute atomic E-state index is 0.100. The largest absolute Gasteiger partial charge is 0.370 e. The van der Waals surface area contributed by atoms with Gasteiger partial charge in [0.25, 0.3) is 0 Å². The topological polar surface area (TPSA) is 222 Å². The molecule has 5 amide bonds. The first-order chi connectivity index (χ1) is 25.5. The Morgan fingerprint density at radius 1 is 0.943 bits per heavy atom. The molecule has 0 spiro atoms. The number of hydrogen-bond donors (Lipinski definition) is 6. The minimum Gasteiger partial charge on any atom is -0.370 e. The number of aromatic nitrogens is 1. The third-order valence-corrected chi connectivity index (χ3v) is 10.4. The van der Waals surface area contributed by atoms with Crippen molar-refractivity contribution >= 4 is 57.7 Å². The molecule has 4 aromatic rings. The molecule has 280 valence electrons. The fourth-order valence-electron chi connectivity index (χ4n) is 6.66. The van der Waals surface area contributed by atoms with E-state index >= 15 is 0 Å². The number of primary amides is 1. The van der Waals surface area contributed by atoms with Crippen LogP contribution in [0.25, 0.3) is 10.9 Å². The number of thiophene rings is 1. The first-order valence-corrected chi connectivity index (χ1v) is 18.5. The van der Waals surface area contributed by atoms with Crippen LogP contribution in [0.3, 0.4) is 0 Å². The van der Waals surface area contributed by atoms with Gasteiger partial charge in [0.1, 0.15) is 24.2 Å². The average molecular weight is 742 g/mol. The van der Waals surface area contributed by atoms with E-state index in [1.165, 1.54) is 21.1 Å². The van der Waals surface area contributed by atoms with E-state index in [0.29, 0.717) is 25.8 Å². The van der Waals surface area contributed by atoms with Gasteiger partial charge in [-0.1, -0.05) is 54.6 Å². The summed E-state index contributed by atoms with van der Waals surface area (Å²) in [6.45, 7) is 0.533. The molecule has 2 aromatic carbocycles. The molecule has 0 unspecified atom stereocenters. The van der Waals surface area contributed by atoms with Gasteiger partial charge in [-0.2, -0.15) is 0 Å². The second kappa shape index (κ2) is 18.2. The molecule has 0 saturated carbocycles. The number of hydrogen-bond acceptors (Lipinski definition) is 7. The lowest BCUT2D eigenvalue weighted by atomic mass is 10.0. The zero-order valence-corrected chi connectivity index (χ0v) is 30.5. The van der Waals surface area contributed by atoms with Crippen LogP contribution in [0.5, 0.6) is 0 Å². The van der Waals surface area contributed by atoms with Crippen molar-refractivity contribution in [2.24, 2.45) is 22.2 Å². The van der Waals surface area contributed by atoms with Crippen molar-refractivity contribution in [3.8, 4) is 0 Å². The molecule has 0 bridgehead atoms. The standard InChI is InChI=1S/C38H47N9O5S/c1-46(33(48)22-26-12-9-19-53-26)32(21-25-23-43-28-14-6-5-13-27(25)28)36(51)45-30(20-24-10-3-2-4-11-24)35(50)44-29(15-7-17-42-38(40)41)37(52)47-18-8-16-31(47)34(39)49/h2-6,9-14,19,23,29-32,43H,7-8,15-18,20-22H2,1H3,(H2,39,49)(H,44,50)(H,45,51)(H4,40,41,42)/t29-,30-,31-,32-/m0/s1. The van der Waals surface area contributed by atoms with Crippen LogP contribution in [0.1, 0.15) is 41.7 Å². The van der Waals surface area contributed by atoms with Crippen LogP contribution in [-0.4, -0.2) is 94.6 Å². The van der Waals surface area contributed by atoms with E-state index in [0.717, 1.165) is 26.9 Å². The van der Waals surface area contributed by atoms with E-state index in [4.69, 9.17) is 17.2 Å². The van der Waals surface area contributed by atoms with Gasteiger partial charge in [-0.05, 0) is 54.3 Å². The number of nitrogens with zero attached hydrogens (tertiary/aromatic N) is 3. The van der Waals surface area contributed by atoms with Crippen molar-refractivity contribution in [2.45, 2.75) is 69.1 Å². The van der Waals surface area contributed by atoms with Crippen LogP contribution in [0.15, 0.2) is 83.3 Å². The summed E-state index contributed by atoms with van der Waals surface area (Å²) < 4.78 is 0. The second-order valence-corrected chi connectivity index (χ2v) is 14.2. The molecule has 9 N–H and O–H groups in total. The number of likely N-dealkylation sites (tertiary alicyclic amines) is 1. The van der Waals surface area contributed by atoms with Gasteiger partial charge in [-0.3, -0.25) is 29.0 Å². The number of para-hydroxylation sites is 1. The predicted molar refractivity (Wildman–Crippen MR) is 204 cm³/mol. The number of benzene rings is 2. The minimum atomic E-state index is -1.13. The van der Waals surface area contributed by atoms with E-state index < -0.39 is 47.8 Å². The third kappa shape index (κ3) is 10.2. The lowest BCUT2D eigenvalue weighted by Crippen LogP contribution is -2.59. The number of rotatable bonds is 17. The van der Waals surface area contributed by atoms with Gasteiger partial charge in [-0.15, -0.1) is 11.3 Å².